The standard InChI is InChI=1S/C12H15F3N2O2S2/c1-17(10-5-3-9(4-6-10)11(16)20)21(18,19)8-2-7-12(13,14)15/h3-6H,2,7-8H2,1H3,(H2,16,20). The molecule has 0 aromatic heterocycles. The molecule has 0 saturated carbocycles. The van der Waals surface area contributed by atoms with E-state index >= 15 is 0 Å². The Labute approximate surface area is 126 Å². The lowest BCUT2D eigenvalue weighted by Gasteiger charge is -2.20. The number of benzene rings is 1. The van der Waals surface area contributed by atoms with Crippen LogP contribution in [0.15, 0.2) is 24.3 Å². The smallest absolute Gasteiger partial charge is 0.389 e. The van der Waals surface area contributed by atoms with Crippen molar-refractivity contribution in [2.24, 2.45) is 5.73 Å². The van der Waals surface area contributed by atoms with Gasteiger partial charge in [0.15, 0.2) is 0 Å². The van der Waals surface area contributed by atoms with Crippen molar-refractivity contribution < 1.29 is 21.6 Å². The summed E-state index contributed by atoms with van der Waals surface area (Å²) in [5.74, 6) is -0.569. The SMILES string of the molecule is CN(c1ccc(C(N)=S)cc1)S(=O)(=O)CCCC(F)(F)F. The van der Waals surface area contributed by atoms with Crippen LogP contribution < -0.4 is 10.0 Å². The number of nitrogens with zero attached hydrogens (tertiary/aromatic N) is 1. The van der Waals surface area contributed by atoms with Gasteiger partial charge in [-0.25, -0.2) is 8.42 Å². The molecule has 0 atom stereocenters. The molecular formula is C12H15F3N2O2S2. The van der Waals surface area contributed by atoms with Crippen LogP contribution in [0.5, 0.6) is 0 Å². The summed E-state index contributed by atoms with van der Waals surface area (Å²) in [4.78, 5) is 0.178. The number of sulfonamides is 1. The predicted molar refractivity (Wildman–Crippen MR) is 79.8 cm³/mol. The van der Waals surface area contributed by atoms with Crippen LogP contribution in [0.4, 0.5) is 18.9 Å². The number of hydrogen-bond donors (Lipinski definition) is 1. The van der Waals surface area contributed by atoms with Crippen molar-refractivity contribution in [1.82, 2.24) is 0 Å². The highest BCUT2D eigenvalue weighted by Crippen LogP contribution is 2.23. The molecule has 118 valence electrons. The fraction of sp³-hybridized carbons (Fsp3) is 0.417. The topological polar surface area (TPSA) is 63.4 Å². The highest BCUT2D eigenvalue weighted by atomic mass is 32.2. The second-order valence-electron chi connectivity index (χ2n) is 4.41. The first-order valence-electron chi connectivity index (χ1n) is 5.96. The Morgan fingerprint density at radius 2 is 1.81 bits per heavy atom. The highest BCUT2D eigenvalue weighted by molar-refractivity contribution is 7.92. The fourth-order valence-corrected chi connectivity index (χ4v) is 2.95. The minimum atomic E-state index is -4.35. The molecular weight excluding hydrogens is 325 g/mol. The van der Waals surface area contributed by atoms with Gasteiger partial charge in [-0.3, -0.25) is 4.31 Å². The van der Waals surface area contributed by atoms with E-state index in [1.165, 1.54) is 19.2 Å². The Hall–Kier alpha value is -1.35. The zero-order valence-corrected chi connectivity index (χ0v) is 12.9. The molecule has 0 spiro atoms. The lowest BCUT2D eigenvalue weighted by Crippen LogP contribution is -2.29. The lowest BCUT2D eigenvalue weighted by molar-refractivity contribution is -0.134. The van der Waals surface area contributed by atoms with E-state index < -0.39 is 34.8 Å². The molecule has 0 amide bonds. The maximum Gasteiger partial charge on any atom is 0.389 e. The van der Waals surface area contributed by atoms with E-state index in [4.69, 9.17) is 18.0 Å². The minimum absolute atomic E-state index is 0.178. The number of thiocarbonyl (C=S) groups is 1. The molecule has 4 nitrogen and oxygen atoms in total. The van der Waals surface area contributed by atoms with Gasteiger partial charge in [0, 0.05) is 19.0 Å². The van der Waals surface area contributed by atoms with Crippen LogP contribution in [0, 0.1) is 0 Å². The second kappa shape index (κ2) is 6.61. The highest BCUT2D eigenvalue weighted by Gasteiger charge is 2.28. The van der Waals surface area contributed by atoms with E-state index in [0.29, 0.717) is 11.3 Å². The monoisotopic (exact) mass is 340 g/mol. The van der Waals surface area contributed by atoms with Gasteiger partial charge in [-0.1, -0.05) is 12.2 Å². The van der Waals surface area contributed by atoms with Gasteiger partial charge in [0.25, 0.3) is 0 Å². The summed E-state index contributed by atoms with van der Waals surface area (Å²) in [6.07, 6.45) is -5.95. The Balaban J connectivity index is 2.76. The summed E-state index contributed by atoms with van der Waals surface area (Å²) in [7, 11) is -2.51. The minimum Gasteiger partial charge on any atom is -0.389 e. The predicted octanol–water partition coefficient (Wildman–Crippen LogP) is 2.43. The third-order valence-corrected chi connectivity index (χ3v) is 4.88. The third-order valence-electron chi connectivity index (χ3n) is 2.80. The Bertz CT molecular complexity index is 598. The van der Waals surface area contributed by atoms with Gasteiger partial charge >= 0.3 is 6.18 Å². The molecule has 9 heteroatoms. The zero-order valence-electron chi connectivity index (χ0n) is 11.2. The molecule has 0 fully saturated rings. The van der Waals surface area contributed by atoms with Crippen molar-refractivity contribution >= 4 is 32.9 Å². The van der Waals surface area contributed by atoms with Crippen LogP contribution in [0.2, 0.25) is 0 Å². The number of halogens is 3. The van der Waals surface area contributed by atoms with Crippen LogP contribution in [-0.2, 0) is 10.0 Å². The second-order valence-corrected chi connectivity index (χ2v) is 6.97. The van der Waals surface area contributed by atoms with Crippen molar-refractivity contribution in [2.75, 3.05) is 17.1 Å². The van der Waals surface area contributed by atoms with Crippen molar-refractivity contribution in [2.45, 2.75) is 19.0 Å². The van der Waals surface area contributed by atoms with Gasteiger partial charge in [-0.05, 0) is 30.7 Å². The molecule has 0 aliphatic heterocycles. The number of rotatable bonds is 6. The summed E-state index contributed by atoms with van der Waals surface area (Å²) in [5, 5.41) is 0. The van der Waals surface area contributed by atoms with Crippen LogP contribution in [-0.4, -0.2) is 32.4 Å². The van der Waals surface area contributed by atoms with Gasteiger partial charge in [-0.2, -0.15) is 13.2 Å². The molecule has 0 saturated heterocycles. The van der Waals surface area contributed by atoms with Crippen molar-refractivity contribution in [3.63, 3.8) is 0 Å². The Kier molecular flexibility index (Phi) is 5.57. The Morgan fingerprint density at radius 3 is 2.24 bits per heavy atom. The summed E-state index contributed by atoms with van der Waals surface area (Å²) < 4.78 is 61.0. The van der Waals surface area contributed by atoms with Gasteiger partial charge in [0.2, 0.25) is 10.0 Å². The molecule has 21 heavy (non-hydrogen) atoms. The normalized spacial score (nSPS) is 12.2. The number of alkyl halides is 3. The van der Waals surface area contributed by atoms with Gasteiger partial charge in [-0.15, -0.1) is 0 Å². The number of nitrogens with two attached hydrogens (primary N) is 1. The maximum atomic E-state index is 12.0. The van der Waals surface area contributed by atoms with Gasteiger partial charge in [0.05, 0.1) is 11.4 Å². The van der Waals surface area contributed by atoms with E-state index in [2.05, 4.69) is 0 Å². The largest absolute Gasteiger partial charge is 0.389 e. The van der Waals surface area contributed by atoms with E-state index in [9.17, 15) is 21.6 Å². The molecule has 0 unspecified atom stereocenters. The van der Waals surface area contributed by atoms with Crippen molar-refractivity contribution in [1.29, 1.82) is 0 Å². The average Bonchev–Trinajstić information content (AvgIpc) is 2.36. The van der Waals surface area contributed by atoms with Gasteiger partial charge < -0.3 is 5.73 Å². The van der Waals surface area contributed by atoms with E-state index in [1.807, 2.05) is 0 Å². The summed E-state index contributed by atoms with van der Waals surface area (Å²) in [6, 6.07) is 6.10. The average molecular weight is 340 g/mol. The molecule has 1 rings (SSSR count). The molecule has 1 aromatic carbocycles. The number of hydrogen-bond acceptors (Lipinski definition) is 3. The van der Waals surface area contributed by atoms with Crippen LogP contribution in [0.25, 0.3) is 0 Å². The molecule has 0 heterocycles. The first-order valence-corrected chi connectivity index (χ1v) is 7.98. The summed E-state index contributed by atoms with van der Waals surface area (Å²) >= 11 is 4.78. The van der Waals surface area contributed by atoms with Crippen LogP contribution >= 0.6 is 12.2 Å². The first-order chi connectivity index (χ1) is 9.53. The van der Waals surface area contributed by atoms with Crippen molar-refractivity contribution in [3.05, 3.63) is 29.8 Å². The van der Waals surface area contributed by atoms with E-state index in [1.54, 1.807) is 12.1 Å². The zero-order chi connectivity index (χ0) is 16.3. The van der Waals surface area contributed by atoms with Crippen LogP contribution in [0.3, 0.4) is 0 Å². The first kappa shape index (κ1) is 17.7. The van der Waals surface area contributed by atoms with E-state index in [-0.39, 0.29) is 4.99 Å². The van der Waals surface area contributed by atoms with Gasteiger partial charge in [0.1, 0.15) is 4.99 Å². The molecule has 0 radical (unpaired) electrons. The molecule has 0 aliphatic carbocycles. The lowest BCUT2D eigenvalue weighted by atomic mass is 10.2. The Morgan fingerprint density at radius 1 is 1.29 bits per heavy atom. The third kappa shape index (κ3) is 5.50. The molecule has 0 bridgehead atoms. The fourth-order valence-electron chi connectivity index (χ4n) is 1.59. The summed E-state index contributed by atoms with van der Waals surface area (Å²) in [6.45, 7) is 0. The molecule has 2 N–H and O–H groups in total. The molecule has 0 aliphatic rings. The maximum absolute atomic E-state index is 12.0. The van der Waals surface area contributed by atoms with E-state index in [0.717, 1.165) is 4.31 Å². The van der Waals surface area contributed by atoms with Crippen molar-refractivity contribution in [3.8, 4) is 0 Å². The van der Waals surface area contributed by atoms with Crippen LogP contribution in [0.1, 0.15) is 18.4 Å². The quantitative estimate of drug-likeness (QED) is 0.808. The molecule has 1 aromatic rings. The summed E-state index contributed by atoms with van der Waals surface area (Å²) in [5.41, 5.74) is 6.34. The number of anilines is 1.